The van der Waals surface area contributed by atoms with Gasteiger partial charge >= 0.3 is 5.63 Å². The van der Waals surface area contributed by atoms with Crippen LogP contribution in [-0.4, -0.2) is 7.11 Å². The van der Waals surface area contributed by atoms with Gasteiger partial charge in [0, 0.05) is 16.8 Å². The van der Waals surface area contributed by atoms with Crippen LogP contribution in [0.15, 0.2) is 75.9 Å². The SMILES string of the molecule is COc1cccc(/C=C/c2cc(=O)oc3c2ccc2ccccc23)c1. The van der Waals surface area contributed by atoms with Crippen molar-refractivity contribution in [3.05, 3.63) is 88.3 Å². The molecule has 0 saturated heterocycles. The van der Waals surface area contributed by atoms with E-state index >= 15 is 0 Å². The Balaban J connectivity index is 1.88. The summed E-state index contributed by atoms with van der Waals surface area (Å²) in [4.78, 5) is 12.0. The highest BCUT2D eigenvalue weighted by molar-refractivity contribution is 6.06. The highest BCUT2D eigenvalue weighted by Crippen LogP contribution is 2.27. The van der Waals surface area contributed by atoms with Crippen LogP contribution in [0.4, 0.5) is 0 Å². The van der Waals surface area contributed by atoms with Crippen molar-refractivity contribution in [3.8, 4) is 5.75 Å². The lowest BCUT2D eigenvalue weighted by Crippen LogP contribution is -1.98. The summed E-state index contributed by atoms with van der Waals surface area (Å²) in [5.74, 6) is 0.797. The molecule has 0 aliphatic carbocycles. The molecule has 0 radical (unpaired) electrons. The van der Waals surface area contributed by atoms with Crippen molar-refractivity contribution in [2.24, 2.45) is 0 Å². The summed E-state index contributed by atoms with van der Waals surface area (Å²) in [6.07, 6.45) is 3.90. The van der Waals surface area contributed by atoms with Gasteiger partial charge in [0.1, 0.15) is 11.3 Å². The Labute approximate surface area is 144 Å². The highest BCUT2D eigenvalue weighted by Gasteiger charge is 2.07. The van der Waals surface area contributed by atoms with E-state index in [2.05, 4.69) is 0 Å². The largest absolute Gasteiger partial charge is 0.497 e. The molecule has 1 aromatic heterocycles. The number of methoxy groups -OCH3 is 1. The van der Waals surface area contributed by atoms with Crippen LogP contribution in [0, 0.1) is 0 Å². The maximum atomic E-state index is 12.0. The minimum atomic E-state index is -0.353. The molecule has 0 bridgehead atoms. The lowest BCUT2D eigenvalue weighted by atomic mass is 10.0. The molecule has 0 saturated carbocycles. The summed E-state index contributed by atoms with van der Waals surface area (Å²) in [6.45, 7) is 0. The average Bonchev–Trinajstić information content (AvgIpc) is 2.66. The Morgan fingerprint density at radius 3 is 2.64 bits per heavy atom. The molecule has 0 amide bonds. The quantitative estimate of drug-likeness (QED) is 0.387. The van der Waals surface area contributed by atoms with Crippen LogP contribution in [0.3, 0.4) is 0 Å². The Morgan fingerprint density at radius 1 is 0.880 bits per heavy atom. The summed E-state index contributed by atoms with van der Waals surface area (Å²) < 4.78 is 10.7. The topological polar surface area (TPSA) is 39.4 Å². The van der Waals surface area contributed by atoms with Crippen LogP contribution in [0.25, 0.3) is 33.9 Å². The number of hydrogen-bond donors (Lipinski definition) is 0. The van der Waals surface area contributed by atoms with E-state index in [4.69, 9.17) is 9.15 Å². The van der Waals surface area contributed by atoms with Crippen molar-refractivity contribution in [2.45, 2.75) is 0 Å². The maximum Gasteiger partial charge on any atom is 0.336 e. The number of hydrogen-bond acceptors (Lipinski definition) is 3. The molecule has 3 heteroatoms. The molecule has 25 heavy (non-hydrogen) atoms. The molecular weight excluding hydrogens is 312 g/mol. The zero-order valence-corrected chi connectivity index (χ0v) is 13.7. The van der Waals surface area contributed by atoms with Crippen molar-refractivity contribution in [1.29, 1.82) is 0 Å². The number of rotatable bonds is 3. The third-order valence-corrected chi connectivity index (χ3v) is 4.22. The summed E-state index contributed by atoms with van der Waals surface area (Å²) in [6, 6.07) is 21.2. The second-order valence-corrected chi connectivity index (χ2v) is 5.79. The van der Waals surface area contributed by atoms with Crippen LogP contribution >= 0.6 is 0 Å². The van der Waals surface area contributed by atoms with E-state index in [0.717, 1.165) is 33.0 Å². The van der Waals surface area contributed by atoms with Gasteiger partial charge in [0.25, 0.3) is 0 Å². The lowest BCUT2D eigenvalue weighted by Gasteiger charge is -2.05. The zero-order chi connectivity index (χ0) is 17.2. The predicted molar refractivity (Wildman–Crippen MR) is 102 cm³/mol. The molecule has 4 aromatic rings. The third-order valence-electron chi connectivity index (χ3n) is 4.22. The van der Waals surface area contributed by atoms with E-state index in [1.54, 1.807) is 7.11 Å². The first-order chi connectivity index (χ1) is 12.2. The smallest absolute Gasteiger partial charge is 0.336 e. The standard InChI is InChI=1S/C22H16O3/c1-24-18-7-4-5-15(13-18)9-10-17-14-21(23)25-22-19-8-3-2-6-16(19)11-12-20(17)22/h2-14H,1H3/b10-9+. The van der Waals surface area contributed by atoms with Gasteiger partial charge in [0.2, 0.25) is 0 Å². The van der Waals surface area contributed by atoms with Crippen LogP contribution in [-0.2, 0) is 0 Å². The van der Waals surface area contributed by atoms with Gasteiger partial charge in [-0.05, 0) is 34.7 Å². The number of benzene rings is 3. The molecule has 122 valence electrons. The Hall–Kier alpha value is -3.33. The molecule has 0 atom stereocenters. The van der Waals surface area contributed by atoms with E-state index in [-0.39, 0.29) is 5.63 Å². The van der Waals surface area contributed by atoms with E-state index in [0.29, 0.717) is 5.58 Å². The third kappa shape index (κ3) is 2.92. The molecule has 0 unspecified atom stereocenters. The molecule has 3 aromatic carbocycles. The Morgan fingerprint density at radius 2 is 1.76 bits per heavy atom. The van der Waals surface area contributed by atoms with Crippen molar-refractivity contribution in [2.75, 3.05) is 7.11 Å². The van der Waals surface area contributed by atoms with Crippen LogP contribution in [0.5, 0.6) is 5.75 Å². The lowest BCUT2D eigenvalue weighted by molar-refractivity contribution is 0.414. The normalized spacial score (nSPS) is 11.4. The van der Waals surface area contributed by atoms with Gasteiger partial charge in [-0.2, -0.15) is 0 Å². The van der Waals surface area contributed by atoms with Crippen molar-refractivity contribution in [1.82, 2.24) is 0 Å². The van der Waals surface area contributed by atoms with Gasteiger partial charge in [-0.15, -0.1) is 0 Å². The average molecular weight is 328 g/mol. The summed E-state index contributed by atoms with van der Waals surface area (Å²) in [5, 5.41) is 2.90. The molecule has 4 rings (SSSR count). The number of fused-ring (bicyclic) bond motifs is 3. The number of ether oxygens (including phenoxy) is 1. The second kappa shape index (κ2) is 6.29. The predicted octanol–water partition coefficient (Wildman–Crippen LogP) is 5.13. The molecule has 1 heterocycles. The summed E-state index contributed by atoms with van der Waals surface area (Å²) >= 11 is 0. The highest BCUT2D eigenvalue weighted by atomic mass is 16.5. The first kappa shape index (κ1) is 15.2. The molecule has 0 aliphatic rings. The van der Waals surface area contributed by atoms with Gasteiger partial charge in [-0.1, -0.05) is 54.6 Å². The Kier molecular flexibility index (Phi) is 3.82. The fraction of sp³-hybridized carbons (Fsp3) is 0.0455. The van der Waals surface area contributed by atoms with Gasteiger partial charge in [0.05, 0.1) is 7.11 Å². The van der Waals surface area contributed by atoms with Gasteiger partial charge in [-0.3, -0.25) is 0 Å². The first-order valence-corrected chi connectivity index (χ1v) is 8.02. The minimum absolute atomic E-state index is 0.353. The van der Waals surface area contributed by atoms with Crippen molar-refractivity contribution >= 4 is 33.9 Å². The molecule has 3 nitrogen and oxygen atoms in total. The molecule has 0 aliphatic heterocycles. The molecular formula is C22H16O3. The maximum absolute atomic E-state index is 12.0. The molecule has 0 N–H and O–H groups in total. The van der Waals surface area contributed by atoms with Crippen LogP contribution in [0.2, 0.25) is 0 Å². The summed E-state index contributed by atoms with van der Waals surface area (Å²) in [5.41, 5.74) is 2.10. The first-order valence-electron chi connectivity index (χ1n) is 8.02. The van der Waals surface area contributed by atoms with E-state index < -0.39 is 0 Å². The molecule has 0 fully saturated rings. The van der Waals surface area contributed by atoms with Gasteiger partial charge in [-0.25, -0.2) is 4.79 Å². The minimum Gasteiger partial charge on any atom is -0.497 e. The van der Waals surface area contributed by atoms with Crippen LogP contribution in [0.1, 0.15) is 11.1 Å². The fourth-order valence-electron chi connectivity index (χ4n) is 2.98. The van der Waals surface area contributed by atoms with Crippen LogP contribution < -0.4 is 10.4 Å². The molecule has 0 spiro atoms. The van der Waals surface area contributed by atoms with Crippen molar-refractivity contribution < 1.29 is 9.15 Å². The van der Waals surface area contributed by atoms with E-state index in [1.165, 1.54) is 6.07 Å². The van der Waals surface area contributed by atoms with Gasteiger partial charge in [0.15, 0.2) is 0 Å². The zero-order valence-electron chi connectivity index (χ0n) is 13.7. The van der Waals surface area contributed by atoms with E-state index in [1.807, 2.05) is 72.8 Å². The second-order valence-electron chi connectivity index (χ2n) is 5.79. The van der Waals surface area contributed by atoms with Gasteiger partial charge < -0.3 is 9.15 Å². The fourth-order valence-corrected chi connectivity index (χ4v) is 2.98. The van der Waals surface area contributed by atoms with Crippen molar-refractivity contribution in [3.63, 3.8) is 0 Å². The van der Waals surface area contributed by atoms with E-state index in [9.17, 15) is 4.79 Å². The summed E-state index contributed by atoms with van der Waals surface area (Å²) in [7, 11) is 1.64. The Bertz CT molecular complexity index is 1150. The monoisotopic (exact) mass is 328 g/mol.